The average Bonchev–Trinajstić information content (AvgIpc) is 3.02. The van der Waals surface area contributed by atoms with Crippen LogP contribution in [0.4, 0.5) is 0 Å². The molecule has 1 aliphatic rings. The standard InChI is InChI=1S/C17H27N3O4S.ClH/c1-12(2)20-25(22,23)15-10-13(6-7-14(15)24-3)16(21)19-17(11-18)8-4-5-9-17;/h6-7,10,12,20H,4-5,8-9,11,18H2,1-3H3,(H,19,21);1H. The molecule has 2 rings (SSSR count). The Kier molecular flexibility index (Phi) is 7.88. The molecule has 0 saturated heterocycles. The van der Waals surface area contributed by atoms with Crippen LogP contribution < -0.4 is 20.5 Å². The van der Waals surface area contributed by atoms with Crippen molar-refractivity contribution in [2.75, 3.05) is 13.7 Å². The predicted octanol–water partition coefficient (Wildman–Crippen LogP) is 1.80. The molecule has 148 valence electrons. The third kappa shape index (κ3) is 5.09. The molecule has 1 saturated carbocycles. The summed E-state index contributed by atoms with van der Waals surface area (Å²) < 4.78 is 32.7. The lowest BCUT2D eigenvalue weighted by Gasteiger charge is -2.28. The minimum absolute atomic E-state index is 0. The molecule has 26 heavy (non-hydrogen) atoms. The van der Waals surface area contributed by atoms with Gasteiger partial charge in [0.15, 0.2) is 0 Å². The molecule has 1 aromatic carbocycles. The molecule has 4 N–H and O–H groups in total. The normalized spacial score (nSPS) is 16.2. The highest BCUT2D eigenvalue weighted by Gasteiger charge is 2.34. The van der Waals surface area contributed by atoms with Gasteiger partial charge in [0.25, 0.3) is 5.91 Å². The number of nitrogens with one attached hydrogen (secondary N) is 2. The highest BCUT2D eigenvalue weighted by molar-refractivity contribution is 7.89. The Bertz CT molecular complexity index is 732. The number of sulfonamides is 1. The van der Waals surface area contributed by atoms with Crippen molar-refractivity contribution in [1.82, 2.24) is 10.0 Å². The summed E-state index contributed by atoms with van der Waals surface area (Å²) >= 11 is 0. The van der Waals surface area contributed by atoms with Crippen molar-refractivity contribution in [1.29, 1.82) is 0 Å². The van der Waals surface area contributed by atoms with Crippen molar-refractivity contribution < 1.29 is 17.9 Å². The second kappa shape index (κ2) is 9.03. The Morgan fingerprint density at radius 3 is 2.42 bits per heavy atom. The van der Waals surface area contributed by atoms with Crippen LogP contribution in [0.5, 0.6) is 5.75 Å². The molecule has 0 spiro atoms. The minimum Gasteiger partial charge on any atom is -0.495 e. The first kappa shape index (κ1) is 22.7. The summed E-state index contributed by atoms with van der Waals surface area (Å²) in [6, 6.07) is 4.12. The van der Waals surface area contributed by atoms with E-state index < -0.39 is 15.6 Å². The van der Waals surface area contributed by atoms with Gasteiger partial charge in [-0.3, -0.25) is 4.79 Å². The van der Waals surface area contributed by atoms with E-state index in [9.17, 15) is 13.2 Å². The van der Waals surface area contributed by atoms with E-state index in [1.165, 1.54) is 19.2 Å². The van der Waals surface area contributed by atoms with Gasteiger partial charge in [-0.1, -0.05) is 12.8 Å². The van der Waals surface area contributed by atoms with Crippen LogP contribution in [0.1, 0.15) is 49.9 Å². The Labute approximate surface area is 161 Å². The molecule has 0 radical (unpaired) electrons. The Balaban J connectivity index is 0.00000338. The number of hydrogen-bond acceptors (Lipinski definition) is 5. The van der Waals surface area contributed by atoms with Gasteiger partial charge in [-0.05, 0) is 44.9 Å². The van der Waals surface area contributed by atoms with E-state index >= 15 is 0 Å². The van der Waals surface area contributed by atoms with Crippen LogP contribution in [0.15, 0.2) is 23.1 Å². The zero-order valence-corrected chi connectivity index (χ0v) is 17.0. The largest absolute Gasteiger partial charge is 0.495 e. The van der Waals surface area contributed by atoms with Gasteiger partial charge in [-0.2, -0.15) is 0 Å². The van der Waals surface area contributed by atoms with Gasteiger partial charge in [0.2, 0.25) is 10.0 Å². The van der Waals surface area contributed by atoms with E-state index in [-0.39, 0.29) is 40.6 Å². The molecule has 0 aromatic heterocycles. The monoisotopic (exact) mass is 405 g/mol. The van der Waals surface area contributed by atoms with Crippen LogP contribution in [0.25, 0.3) is 0 Å². The van der Waals surface area contributed by atoms with Gasteiger partial charge in [0.1, 0.15) is 10.6 Å². The molecular weight excluding hydrogens is 378 g/mol. The first-order valence-corrected chi connectivity index (χ1v) is 9.94. The summed E-state index contributed by atoms with van der Waals surface area (Å²) in [4.78, 5) is 12.6. The number of benzene rings is 1. The van der Waals surface area contributed by atoms with Crippen LogP contribution in [-0.2, 0) is 10.0 Å². The zero-order chi connectivity index (χ0) is 18.7. The smallest absolute Gasteiger partial charge is 0.251 e. The molecule has 9 heteroatoms. The summed E-state index contributed by atoms with van der Waals surface area (Å²) in [6.07, 6.45) is 3.73. The summed E-state index contributed by atoms with van der Waals surface area (Å²) in [7, 11) is -2.39. The number of hydrogen-bond donors (Lipinski definition) is 3. The van der Waals surface area contributed by atoms with Gasteiger partial charge < -0.3 is 15.8 Å². The van der Waals surface area contributed by atoms with Crippen LogP contribution in [0.3, 0.4) is 0 Å². The van der Waals surface area contributed by atoms with Gasteiger partial charge in [0, 0.05) is 18.2 Å². The predicted molar refractivity (Wildman–Crippen MR) is 103 cm³/mol. The van der Waals surface area contributed by atoms with Crippen LogP contribution in [0, 0.1) is 0 Å². The molecule has 1 amide bonds. The van der Waals surface area contributed by atoms with Crippen molar-refractivity contribution in [2.45, 2.75) is 56.0 Å². The first-order chi connectivity index (χ1) is 11.7. The number of carbonyl (C=O) groups excluding carboxylic acids is 1. The molecule has 1 aromatic rings. The molecular formula is C17H28ClN3O4S. The fourth-order valence-electron chi connectivity index (χ4n) is 3.15. The maximum atomic E-state index is 12.6. The Hall–Kier alpha value is -1.35. The SMILES string of the molecule is COc1ccc(C(=O)NC2(CN)CCCC2)cc1S(=O)(=O)NC(C)C.Cl. The zero-order valence-electron chi connectivity index (χ0n) is 15.4. The lowest BCUT2D eigenvalue weighted by Crippen LogP contribution is -2.51. The lowest BCUT2D eigenvalue weighted by atomic mass is 9.97. The topological polar surface area (TPSA) is 111 Å². The molecule has 0 heterocycles. The fraction of sp³-hybridized carbons (Fsp3) is 0.588. The number of rotatable bonds is 7. The van der Waals surface area contributed by atoms with Crippen molar-refractivity contribution >= 4 is 28.3 Å². The van der Waals surface area contributed by atoms with E-state index in [2.05, 4.69) is 10.0 Å². The van der Waals surface area contributed by atoms with Crippen molar-refractivity contribution in [2.24, 2.45) is 5.73 Å². The summed E-state index contributed by atoms with van der Waals surface area (Å²) in [5.74, 6) is -0.130. The minimum atomic E-state index is -3.79. The highest BCUT2D eigenvalue weighted by Crippen LogP contribution is 2.30. The van der Waals surface area contributed by atoms with E-state index in [1.54, 1.807) is 19.9 Å². The highest BCUT2D eigenvalue weighted by atomic mass is 35.5. The fourth-order valence-corrected chi connectivity index (χ4v) is 4.59. The van der Waals surface area contributed by atoms with Gasteiger partial charge >= 0.3 is 0 Å². The van der Waals surface area contributed by atoms with Gasteiger partial charge in [-0.15, -0.1) is 12.4 Å². The number of ether oxygens (including phenoxy) is 1. The van der Waals surface area contributed by atoms with Gasteiger partial charge in [-0.25, -0.2) is 13.1 Å². The summed E-state index contributed by atoms with van der Waals surface area (Å²) in [5, 5.41) is 3.00. The third-order valence-electron chi connectivity index (χ3n) is 4.44. The Morgan fingerprint density at radius 1 is 1.31 bits per heavy atom. The van der Waals surface area contributed by atoms with Crippen molar-refractivity contribution in [3.8, 4) is 5.75 Å². The number of carbonyl (C=O) groups is 1. The van der Waals surface area contributed by atoms with E-state index in [1.807, 2.05) is 0 Å². The molecule has 0 bridgehead atoms. The van der Waals surface area contributed by atoms with E-state index in [0.717, 1.165) is 25.7 Å². The molecule has 0 aliphatic heterocycles. The van der Waals surface area contributed by atoms with Crippen molar-refractivity contribution in [3.05, 3.63) is 23.8 Å². The summed E-state index contributed by atoms with van der Waals surface area (Å²) in [5.41, 5.74) is 5.73. The van der Waals surface area contributed by atoms with Gasteiger partial charge in [0.05, 0.1) is 12.6 Å². The molecule has 1 fully saturated rings. The second-order valence-electron chi connectivity index (χ2n) is 6.79. The van der Waals surface area contributed by atoms with E-state index in [0.29, 0.717) is 6.54 Å². The van der Waals surface area contributed by atoms with E-state index in [4.69, 9.17) is 10.5 Å². The lowest BCUT2D eigenvalue weighted by molar-refractivity contribution is 0.0903. The first-order valence-electron chi connectivity index (χ1n) is 8.46. The third-order valence-corrected chi connectivity index (χ3v) is 6.12. The quantitative estimate of drug-likeness (QED) is 0.640. The maximum Gasteiger partial charge on any atom is 0.251 e. The second-order valence-corrected chi connectivity index (χ2v) is 8.47. The van der Waals surface area contributed by atoms with Crippen LogP contribution in [-0.4, -0.2) is 39.6 Å². The molecule has 0 atom stereocenters. The number of methoxy groups -OCH3 is 1. The average molecular weight is 406 g/mol. The molecule has 7 nitrogen and oxygen atoms in total. The van der Waals surface area contributed by atoms with Crippen molar-refractivity contribution in [3.63, 3.8) is 0 Å². The number of halogens is 1. The summed E-state index contributed by atoms with van der Waals surface area (Å²) in [6.45, 7) is 3.83. The van der Waals surface area contributed by atoms with Crippen LogP contribution in [0.2, 0.25) is 0 Å². The number of amides is 1. The Morgan fingerprint density at radius 2 is 1.92 bits per heavy atom. The molecule has 0 unspecified atom stereocenters. The van der Waals surface area contributed by atoms with Crippen LogP contribution >= 0.6 is 12.4 Å². The molecule has 1 aliphatic carbocycles. The maximum absolute atomic E-state index is 12.6. The number of nitrogens with two attached hydrogens (primary N) is 1.